The number of nitrogens with one attached hydrogen (secondary N) is 2. The first kappa shape index (κ1) is 34.1. The van der Waals surface area contributed by atoms with Gasteiger partial charge in [-0.05, 0) is 43.1 Å². The van der Waals surface area contributed by atoms with Gasteiger partial charge in [0.1, 0.15) is 28.9 Å². The number of amides is 3. The number of aromatic hydroxyl groups is 1. The Kier molecular flexibility index (Phi) is 8.40. The number of hydrogen-bond acceptors (Lipinski definition) is 11. The van der Waals surface area contributed by atoms with Crippen molar-refractivity contribution in [2.75, 3.05) is 24.7 Å². The summed E-state index contributed by atoms with van der Waals surface area (Å²) in [7, 11) is 2.89. The smallest absolute Gasteiger partial charge is 0.323 e. The summed E-state index contributed by atoms with van der Waals surface area (Å²) in [4.78, 5) is 67.8. The van der Waals surface area contributed by atoms with Crippen LogP contribution in [0.1, 0.15) is 37.3 Å². The van der Waals surface area contributed by atoms with E-state index in [0.717, 1.165) is 10.8 Å². The summed E-state index contributed by atoms with van der Waals surface area (Å²) in [6.07, 6.45) is -1.64. The topological polar surface area (TPSA) is 229 Å². The van der Waals surface area contributed by atoms with E-state index in [1.807, 2.05) is 30.3 Å². The van der Waals surface area contributed by atoms with Gasteiger partial charge in [-0.25, -0.2) is 4.79 Å². The van der Waals surface area contributed by atoms with Crippen LogP contribution in [0.4, 0.5) is 16.2 Å². The van der Waals surface area contributed by atoms with Crippen LogP contribution in [0, 0.1) is 11.8 Å². The van der Waals surface area contributed by atoms with Gasteiger partial charge in [0, 0.05) is 23.3 Å². The standard InChI is InChI=1S/C36H36N4O10/c1-5-21(41)50-31-22-15(2)17-13-14-20(39-35(48)38-19-12-8-10-16-9-6-7-11-18(16)19)28(42)23(17)29(43)24(22)32(45)36(49)26(31)27(40(3)4)30(44)25(33(36)46)34(37)47/h6-15,22,26-27,31,42-43,46,49H,5H2,1-4H3,(H2,37,47)(H2,38,39,48)/t15-,22+,26+,27?,31-,36-/m0/s1. The van der Waals surface area contributed by atoms with Gasteiger partial charge in [-0.2, -0.15) is 0 Å². The van der Waals surface area contributed by atoms with Crippen molar-refractivity contribution in [3.05, 3.63) is 82.6 Å². The fourth-order valence-electron chi connectivity index (χ4n) is 7.68. The zero-order valence-corrected chi connectivity index (χ0v) is 27.6. The highest BCUT2D eigenvalue weighted by molar-refractivity contribution is 6.24. The molecular weight excluding hydrogens is 648 g/mol. The number of anilines is 2. The number of benzene rings is 3. The number of aliphatic hydroxyl groups excluding tert-OH is 2. The Morgan fingerprint density at radius 3 is 2.28 bits per heavy atom. The van der Waals surface area contributed by atoms with E-state index in [1.165, 1.54) is 38.1 Å². The van der Waals surface area contributed by atoms with Crippen molar-refractivity contribution in [2.24, 2.45) is 17.6 Å². The number of carbonyl (C=O) groups excluding carboxylic acids is 5. The van der Waals surface area contributed by atoms with E-state index in [2.05, 4.69) is 10.6 Å². The Morgan fingerprint density at radius 1 is 0.960 bits per heavy atom. The number of phenols is 1. The van der Waals surface area contributed by atoms with Crippen LogP contribution in [0.3, 0.4) is 0 Å². The minimum atomic E-state index is -3.06. The number of phenolic OH excluding ortho intramolecular Hbond substituents is 1. The van der Waals surface area contributed by atoms with Crippen molar-refractivity contribution in [1.82, 2.24) is 4.90 Å². The van der Waals surface area contributed by atoms with Crippen molar-refractivity contribution in [1.29, 1.82) is 0 Å². The second-order valence-electron chi connectivity index (χ2n) is 12.9. The monoisotopic (exact) mass is 684 g/mol. The van der Waals surface area contributed by atoms with Gasteiger partial charge in [-0.1, -0.05) is 56.3 Å². The molecule has 3 aromatic rings. The van der Waals surface area contributed by atoms with Gasteiger partial charge < -0.3 is 41.5 Å². The third kappa shape index (κ3) is 4.98. The average molecular weight is 685 g/mol. The number of ketones is 2. The molecule has 3 aliphatic carbocycles. The van der Waals surface area contributed by atoms with Crippen molar-refractivity contribution in [2.45, 2.75) is 43.9 Å². The molecule has 1 unspecified atom stereocenters. The minimum Gasteiger partial charge on any atom is -0.508 e. The number of aliphatic hydroxyl groups is 3. The molecule has 14 nitrogen and oxygen atoms in total. The molecule has 8 N–H and O–H groups in total. The van der Waals surface area contributed by atoms with Gasteiger partial charge in [0.05, 0.1) is 28.9 Å². The number of urea groups is 1. The molecule has 6 atom stereocenters. The van der Waals surface area contributed by atoms with Crippen LogP contribution < -0.4 is 16.4 Å². The Morgan fingerprint density at radius 2 is 1.62 bits per heavy atom. The maximum Gasteiger partial charge on any atom is 0.323 e. The van der Waals surface area contributed by atoms with Gasteiger partial charge in [0.15, 0.2) is 11.4 Å². The molecule has 260 valence electrons. The maximum absolute atomic E-state index is 14.5. The summed E-state index contributed by atoms with van der Waals surface area (Å²) < 4.78 is 5.84. The van der Waals surface area contributed by atoms with Crippen molar-refractivity contribution in [3.63, 3.8) is 0 Å². The van der Waals surface area contributed by atoms with E-state index in [9.17, 15) is 44.4 Å². The number of likely N-dealkylation sites (N-methyl/N-ethyl adjacent to an activating group) is 1. The Hall–Kier alpha value is -5.73. The lowest BCUT2D eigenvalue weighted by Gasteiger charge is -2.54. The number of nitrogens with zero attached hydrogens (tertiary/aromatic N) is 1. The molecule has 0 heterocycles. The number of fused-ring (bicyclic) bond motifs is 4. The number of primary amides is 1. The van der Waals surface area contributed by atoms with E-state index in [4.69, 9.17) is 10.5 Å². The average Bonchev–Trinajstić information content (AvgIpc) is 3.06. The summed E-state index contributed by atoms with van der Waals surface area (Å²) >= 11 is 0. The zero-order valence-electron chi connectivity index (χ0n) is 27.6. The predicted molar refractivity (Wildman–Crippen MR) is 181 cm³/mol. The molecule has 3 aromatic carbocycles. The molecule has 3 amide bonds. The van der Waals surface area contributed by atoms with Crippen LogP contribution in [-0.4, -0.2) is 86.6 Å². The number of Topliss-reactive ketones (excluding diaryl/α,β-unsaturated/α-hetero) is 2. The van der Waals surface area contributed by atoms with Gasteiger partial charge in [0.25, 0.3) is 5.91 Å². The third-order valence-corrected chi connectivity index (χ3v) is 9.94. The molecule has 0 radical (unpaired) electrons. The van der Waals surface area contributed by atoms with Crippen LogP contribution in [0.5, 0.6) is 5.75 Å². The Bertz CT molecular complexity index is 2070. The largest absolute Gasteiger partial charge is 0.508 e. The van der Waals surface area contributed by atoms with Crippen molar-refractivity contribution >= 4 is 57.4 Å². The van der Waals surface area contributed by atoms with E-state index in [0.29, 0.717) is 11.3 Å². The highest BCUT2D eigenvalue weighted by Crippen LogP contribution is 2.57. The number of ether oxygens (including phenoxy) is 1. The molecule has 50 heavy (non-hydrogen) atoms. The number of rotatable bonds is 6. The van der Waals surface area contributed by atoms with Crippen LogP contribution in [0.2, 0.25) is 0 Å². The lowest BCUT2D eigenvalue weighted by atomic mass is 9.54. The first-order chi connectivity index (χ1) is 23.6. The number of hydrogen-bond donors (Lipinski definition) is 7. The first-order valence-electron chi connectivity index (χ1n) is 15.9. The molecule has 3 aliphatic rings. The highest BCUT2D eigenvalue weighted by atomic mass is 16.5. The zero-order chi connectivity index (χ0) is 36.4. The lowest BCUT2D eigenvalue weighted by molar-refractivity contribution is -0.185. The minimum absolute atomic E-state index is 0.135. The molecule has 0 aromatic heterocycles. The van der Waals surface area contributed by atoms with Crippen LogP contribution in [-0.2, 0) is 23.9 Å². The predicted octanol–water partition coefficient (Wildman–Crippen LogP) is 3.25. The Labute approximate surface area is 285 Å². The third-order valence-electron chi connectivity index (χ3n) is 9.94. The molecule has 0 bridgehead atoms. The molecule has 0 aliphatic heterocycles. The molecule has 0 spiro atoms. The molecule has 1 fully saturated rings. The molecule has 0 saturated heterocycles. The highest BCUT2D eigenvalue weighted by Gasteiger charge is 2.69. The van der Waals surface area contributed by atoms with E-state index < -0.39 is 93.4 Å². The summed E-state index contributed by atoms with van der Waals surface area (Å²) in [5.41, 5.74) is 1.24. The maximum atomic E-state index is 14.5. The van der Waals surface area contributed by atoms with Crippen molar-refractivity contribution < 1.29 is 49.1 Å². The summed E-state index contributed by atoms with van der Waals surface area (Å²) in [5.74, 6) is -10.9. The fraction of sp³-hybridized carbons (Fsp3) is 0.306. The molecular formula is C36H36N4O10. The number of esters is 1. The second kappa shape index (κ2) is 12.3. The van der Waals surface area contributed by atoms with Crippen LogP contribution in [0.15, 0.2) is 71.5 Å². The second-order valence-corrected chi connectivity index (χ2v) is 12.9. The van der Waals surface area contributed by atoms with E-state index in [-0.39, 0.29) is 17.7 Å². The molecule has 1 saturated carbocycles. The first-order valence-corrected chi connectivity index (χ1v) is 15.9. The Balaban J connectivity index is 1.48. The van der Waals surface area contributed by atoms with Gasteiger partial charge in [-0.15, -0.1) is 0 Å². The summed E-state index contributed by atoms with van der Waals surface area (Å²) in [6.45, 7) is 3.15. The number of carbonyl (C=O) groups is 5. The fourth-order valence-corrected chi connectivity index (χ4v) is 7.68. The van der Waals surface area contributed by atoms with E-state index >= 15 is 0 Å². The summed E-state index contributed by atoms with van der Waals surface area (Å²) in [6, 6.07) is 13.5. The van der Waals surface area contributed by atoms with E-state index in [1.54, 1.807) is 19.1 Å². The lowest BCUT2D eigenvalue weighted by Crippen LogP contribution is -2.71. The molecule has 6 rings (SSSR count). The normalized spacial score (nSPS) is 25.9. The quantitative estimate of drug-likeness (QED) is 0.113. The van der Waals surface area contributed by atoms with Gasteiger partial charge >= 0.3 is 12.0 Å². The van der Waals surface area contributed by atoms with Crippen LogP contribution in [0.25, 0.3) is 16.5 Å². The summed E-state index contributed by atoms with van der Waals surface area (Å²) in [5, 5.41) is 53.7. The number of nitrogens with two attached hydrogens (primary N) is 1. The van der Waals surface area contributed by atoms with Gasteiger partial charge in [0.2, 0.25) is 5.78 Å². The van der Waals surface area contributed by atoms with Crippen molar-refractivity contribution in [3.8, 4) is 5.75 Å². The molecule has 14 heteroatoms. The van der Waals surface area contributed by atoms with Crippen LogP contribution >= 0.6 is 0 Å². The SMILES string of the molecule is CCC(=O)O[C@H]1[C@H]2C(=C(O)c3c(ccc(NC(=O)Nc4cccc5ccccc45)c3O)[C@@H]2C)C(=O)[C@]2(O)C(O)=C(C(N)=O)C(=O)C(N(C)C)[C@H]12. The van der Waals surface area contributed by atoms with Gasteiger partial charge in [-0.3, -0.25) is 24.1 Å².